The Bertz CT molecular complexity index is 1560. The van der Waals surface area contributed by atoms with Crippen molar-refractivity contribution in [3.05, 3.63) is 78.1 Å². The van der Waals surface area contributed by atoms with Gasteiger partial charge >= 0.3 is 0 Å². The number of aromatic nitrogens is 5. The molecule has 1 aliphatic heterocycles. The number of thiazole rings is 1. The maximum atomic E-state index is 12.5. The number of pyridine rings is 1. The molecule has 0 radical (unpaired) electrons. The molecule has 6 rings (SSSR count). The van der Waals surface area contributed by atoms with Crippen LogP contribution in [0.4, 0.5) is 11.6 Å². The molecule has 1 saturated heterocycles. The molecular formula is C25H21N7O2S. The molecule has 1 unspecified atom stereocenters. The van der Waals surface area contributed by atoms with Crippen LogP contribution in [0.1, 0.15) is 12.0 Å². The van der Waals surface area contributed by atoms with E-state index in [4.69, 9.17) is 4.98 Å². The van der Waals surface area contributed by atoms with Crippen LogP contribution < -0.4 is 5.32 Å². The van der Waals surface area contributed by atoms with Gasteiger partial charge in [-0.1, -0.05) is 24.3 Å². The summed E-state index contributed by atoms with van der Waals surface area (Å²) in [7, 11) is 1.71. The van der Waals surface area contributed by atoms with Crippen molar-refractivity contribution in [1.29, 1.82) is 0 Å². The number of aliphatic hydroxyl groups is 1. The first-order valence-electron chi connectivity index (χ1n) is 11.1. The minimum atomic E-state index is -1.49. The summed E-state index contributed by atoms with van der Waals surface area (Å²) in [4.78, 5) is 27.8. The number of nitrogens with zero attached hydrogens (tertiary/aromatic N) is 6. The van der Waals surface area contributed by atoms with E-state index in [1.54, 1.807) is 34.9 Å². The fraction of sp³-hybridized carbons (Fsp3) is 0.160. The number of fused-ring (bicyclic) bond motifs is 1. The Morgan fingerprint density at radius 2 is 2.03 bits per heavy atom. The Labute approximate surface area is 204 Å². The Morgan fingerprint density at radius 3 is 2.89 bits per heavy atom. The number of hydrogen-bond donors (Lipinski definition) is 2. The third kappa shape index (κ3) is 3.72. The van der Waals surface area contributed by atoms with Gasteiger partial charge in [0.1, 0.15) is 10.7 Å². The molecule has 1 amide bonds. The smallest absolute Gasteiger partial charge is 0.258 e. The van der Waals surface area contributed by atoms with E-state index in [0.29, 0.717) is 30.2 Å². The van der Waals surface area contributed by atoms with Crippen LogP contribution in [-0.4, -0.2) is 54.1 Å². The lowest BCUT2D eigenvalue weighted by Gasteiger charge is -2.21. The van der Waals surface area contributed by atoms with E-state index in [9.17, 15) is 9.90 Å². The molecule has 10 heteroatoms. The molecule has 5 heterocycles. The molecule has 1 fully saturated rings. The molecule has 1 aromatic carbocycles. The van der Waals surface area contributed by atoms with Crippen LogP contribution in [0.25, 0.3) is 27.5 Å². The highest BCUT2D eigenvalue weighted by Gasteiger charge is 2.45. The third-order valence-corrected chi connectivity index (χ3v) is 7.08. The lowest BCUT2D eigenvalue weighted by atomic mass is 9.91. The second-order valence-corrected chi connectivity index (χ2v) is 9.29. The Balaban J connectivity index is 1.27. The van der Waals surface area contributed by atoms with Gasteiger partial charge in [0, 0.05) is 43.4 Å². The molecule has 5 aromatic rings. The molecule has 9 nitrogen and oxygen atoms in total. The van der Waals surface area contributed by atoms with Gasteiger partial charge in [-0.05, 0) is 29.8 Å². The van der Waals surface area contributed by atoms with Crippen LogP contribution in [0.2, 0.25) is 0 Å². The minimum Gasteiger partial charge on any atom is -0.375 e. The molecule has 0 spiro atoms. The highest BCUT2D eigenvalue weighted by molar-refractivity contribution is 7.13. The van der Waals surface area contributed by atoms with Crippen molar-refractivity contribution in [2.75, 3.05) is 18.9 Å². The monoisotopic (exact) mass is 483 g/mol. The molecule has 174 valence electrons. The van der Waals surface area contributed by atoms with E-state index < -0.39 is 5.60 Å². The van der Waals surface area contributed by atoms with Gasteiger partial charge in [-0.15, -0.1) is 11.3 Å². The van der Waals surface area contributed by atoms with E-state index in [-0.39, 0.29) is 5.91 Å². The number of rotatable bonds is 5. The van der Waals surface area contributed by atoms with Gasteiger partial charge in [0.05, 0.1) is 23.1 Å². The van der Waals surface area contributed by atoms with Gasteiger partial charge in [-0.2, -0.15) is 5.10 Å². The third-order valence-electron chi connectivity index (χ3n) is 6.19. The average molecular weight is 484 g/mol. The summed E-state index contributed by atoms with van der Waals surface area (Å²) < 4.78 is 1.78. The summed E-state index contributed by atoms with van der Waals surface area (Å²) in [5.41, 5.74) is 3.07. The molecule has 4 aromatic heterocycles. The zero-order valence-electron chi connectivity index (χ0n) is 18.8. The average Bonchev–Trinajstić information content (AvgIpc) is 3.61. The normalized spacial score (nSPS) is 17.9. The van der Waals surface area contributed by atoms with Crippen LogP contribution in [0, 0.1) is 0 Å². The fourth-order valence-corrected chi connectivity index (χ4v) is 5.08. The quantitative estimate of drug-likeness (QED) is 0.392. The number of likely N-dealkylation sites (N-methyl/N-ethyl adjacent to an activating group) is 1. The lowest BCUT2D eigenvalue weighted by molar-refractivity contribution is -0.143. The van der Waals surface area contributed by atoms with Crippen LogP contribution >= 0.6 is 11.3 Å². The molecule has 2 N–H and O–H groups in total. The van der Waals surface area contributed by atoms with Crippen LogP contribution in [0.15, 0.2) is 72.5 Å². The molecule has 1 aliphatic rings. The summed E-state index contributed by atoms with van der Waals surface area (Å²) in [5, 5.41) is 21.3. The predicted octanol–water partition coefficient (Wildman–Crippen LogP) is 3.71. The van der Waals surface area contributed by atoms with Crippen LogP contribution in [0.5, 0.6) is 0 Å². The zero-order valence-corrected chi connectivity index (χ0v) is 19.6. The van der Waals surface area contributed by atoms with Crippen molar-refractivity contribution in [2.45, 2.75) is 12.0 Å². The number of hydrogen-bond acceptors (Lipinski definition) is 8. The van der Waals surface area contributed by atoms with Gasteiger partial charge in [0.25, 0.3) is 5.91 Å². The topological polar surface area (TPSA) is 109 Å². The van der Waals surface area contributed by atoms with Gasteiger partial charge in [0.15, 0.2) is 5.60 Å². The van der Waals surface area contributed by atoms with Gasteiger partial charge in [-0.25, -0.2) is 19.5 Å². The first-order valence-corrected chi connectivity index (χ1v) is 12.0. The fourth-order valence-electron chi connectivity index (χ4n) is 4.27. The summed E-state index contributed by atoms with van der Waals surface area (Å²) in [6, 6.07) is 15.1. The highest BCUT2D eigenvalue weighted by atomic mass is 32.1. The predicted molar refractivity (Wildman–Crippen MR) is 133 cm³/mol. The molecule has 35 heavy (non-hydrogen) atoms. The number of carbonyl (C=O) groups is 1. The standard InChI is InChI=1S/C25H21N7O2S/c1-31-12-9-25(34,23(31)33)17-6-4-5-16(13-17)22-28-20(15-35-22)18-8-10-26-24(29-18)30-19-14-27-32-11-3-2-7-21(19)32/h2-8,10-11,13-15,34H,9,12H2,1H3,(H,26,29,30). The number of carbonyl (C=O) groups excluding carboxylic acids is 1. The maximum absolute atomic E-state index is 12.5. The second kappa shape index (κ2) is 8.26. The SMILES string of the molecule is CN1CCC(O)(c2cccc(-c3nc(-c4ccnc(Nc5cnn6ccccc56)n4)cs3)c2)C1=O. The Kier molecular flexibility index (Phi) is 5.05. The van der Waals surface area contributed by atoms with Crippen molar-refractivity contribution in [1.82, 2.24) is 29.5 Å². The largest absolute Gasteiger partial charge is 0.375 e. The number of likely N-dealkylation sites (tertiary alicyclic amines) is 1. The second-order valence-electron chi connectivity index (χ2n) is 8.43. The van der Waals surface area contributed by atoms with E-state index in [1.165, 1.54) is 11.3 Å². The highest BCUT2D eigenvalue weighted by Crippen LogP contribution is 2.36. The van der Waals surface area contributed by atoms with Gasteiger partial charge in [0.2, 0.25) is 5.95 Å². The van der Waals surface area contributed by atoms with Crippen LogP contribution in [0.3, 0.4) is 0 Å². The van der Waals surface area contributed by atoms with Gasteiger partial charge in [-0.3, -0.25) is 4.79 Å². The number of nitrogens with one attached hydrogen (secondary N) is 1. The lowest BCUT2D eigenvalue weighted by Crippen LogP contribution is -2.36. The van der Waals surface area contributed by atoms with Crippen molar-refractivity contribution in [3.8, 4) is 22.0 Å². The van der Waals surface area contributed by atoms with E-state index >= 15 is 0 Å². The van der Waals surface area contributed by atoms with E-state index in [0.717, 1.165) is 27.5 Å². The van der Waals surface area contributed by atoms with Crippen molar-refractivity contribution < 1.29 is 9.90 Å². The number of benzene rings is 1. The summed E-state index contributed by atoms with van der Waals surface area (Å²) in [5.74, 6) is 0.172. The van der Waals surface area contributed by atoms with Crippen molar-refractivity contribution >= 4 is 34.4 Å². The zero-order chi connectivity index (χ0) is 24.0. The van der Waals surface area contributed by atoms with E-state index in [2.05, 4.69) is 20.4 Å². The van der Waals surface area contributed by atoms with Crippen molar-refractivity contribution in [3.63, 3.8) is 0 Å². The molecule has 0 bridgehead atoms. The number of anilines is 2. The Morgan fingerprint density at radius 1 is 1.11 bits per heavy atom. The summed E-state index contributed by atoms with van der Waals surface area (Å²) in [6.45, 7) is 0.528. The molecular weight excluding hydrogens is 462 g/mol. The van der Waals surface area contributed by atoms with Crippen molar-refractivity contribution in [2.24, 2.45) is 0 Å². The van der Waals surface area contributed by atoms with Gasteiger partial charge < -0.3 is 15.3 Å². The molecule has 0 saturated carbocycles. The summed E-state index contributed by atoms with van der Waals surface area (Å²) >= 11 is 1.48. The summed E-state index contributed by atoms with van der Waals surface area (Å²) in [6.07, 6.45) is 5.68. The first-order chi connectivity index (χ1) is 17.0. The maximum Gasteiger partial charge on any atom is 0.258 e. The molecule has 0 aliphatic carbocycles. The Hall–Kier alpha value is -4.15. The van der Waals surface area contributed by atoms with E-state index in [1.807, 2.05) is 54.0 Å². The minimum absolute atomic E-state index is 0.276. The number of amides is 1. The first kappa shape index (κ1) is 21.4. The van der Waals surface area contributed by atoms with Crippen LogP contribution in [-0.2, 0) is 10.4 Å². The molecule has 1 atom stereocenters.